The van der Waals surface area contributed by atoms with Crippen molar-refractivity contribution in [3.05, 3.63) is 84.1 Å². The summed E-state index contributed by atoms with van der Waals surface area (Å²) in [5, 5.41) is 6.27. The summed E-state index contributed by atoms with van der Waals surface area (Å²) in [6.07, 6.45) is 3.75. The molecule has 1 fully saturated rings. The molecule has 0 aliphatic carbocycles. The van der Waals surface area contributed by atoms with Gasteiger partial charge in [0.2, 0.25) is 11.9 Å². The van der Waals surface area contributed by atoms with Gasteiger partial charge >= 0.3 is 0 Å². The topological polar surface area (TPSA) is 70.2 Å². The Balaban J connectivity index is 1.43. The predicted octanol–water partition coefficient (Wildman–Crippen LogP) is 3.20. The molecule has 1 amide bonds. The zero-order valence-electron chi connectivity index (χ0n) is 16.3. The molecule has 2 N–H and O–H groups in total. The SMILES string of the molecule is O=C1NCCN(c2ccnc(NCCCc3ccccc3)n2)C1c1ccccc1. The Morgan fingerprint density at radius 3 is 2.59 bits per heavy atom. The fourth-order valence-corrected chi connectivity index (χ4v) is 3.61. The molecule has 4 rings (SSSR count). The van der Waals surface area contributed by atoms with Crippen LogP contribution in [0.15, 0.2) is 72.9 Å². The van der Waals surface area contributed by atoms with Crippen LogP contribution >= 0.6 is 0 Å². The van der Waals surface area contributed by atoms with E-state index in [4.69, 9.17) is 0 Å². The van der Waals surface area contributed by atoms with E-state index in [1.54, 1.807) is 6.20 Å². The summed E-state index contributed by atoms with van der Waals surface area (Å²) in [6, 6.07) is 21.7. The van der Waals surface area contributed by atoms with E-state index in [0.29, 0.717) is 19.0 Å². The number of nitrogens with zero attached hydrogens (tertiary/aromatic N) is 3. The van der Waals surface area contributed by atoms with E-state index in [9.17, 15) is 4.79 Å². The normalized spacial score (nSPS) is 16.3. The first-order valence-electron chi connectivity index (χ1n) is 10.0. The molecule has 2 aromatic carbocycles. The molecule has 1 saturated heterocycles. The lowest BCUT2D eigenvalue weighted by Crippen LogP contribution is -2.50. The van der Waals surface area contributed by atoms with Crippen molar-refractivity contribution in [3.8, 4) is 0 Å². The van der Waals surface area contributed by atoms with Crippen LogP contribution in [-0.2, 0) is 11.2 Å². The molecule has 1 unspecified atom stereocenters. The standard InChI is InChI=1S/C23H25N5O/c29-22-21(19-11-5-2-6-12-19)28(17-16-24-22)20-13-15-26-23(27-20)25-14-7-10-18-8-3-1-4-9-18/h1-6,8-9,11-13,15,21H,7,10,14,16-17H2,(H,24,29)(H,25,26,27). The average molecular weight is 387 g/mol. The Bertz CT molecular complexity index is 932. The largest absolute Gasteiger partial charge is 0.354 e. The van der Waals surface area contributed by atoms with Crippen LogP contribution in [0.25, 0.3) is 0 Å². The molecular weight excluding hydrogens is 362 g/mol. The monoisotopic (exact) mass is 387 g/mol. The fraction of sp³-hybridized carbons (Fsp3) is 0.261. The summed E-state index contributed by atoms with van der Waals surface area (Å²) < 4.78 is 0. The number of piperazine rings is 1. The molecule has 1 aromatic heterocycles. The molecule has 1 aliphatic heterocycles. The number of rotatable bonds is 7. The lowest BCUT2D eigenvalue weighted by atomic mass is 10.0. The molecule has 0 radical (unpaired) electrons. The molecule has 6 heteroatoms. The highest BCUT2D eigenvalue weighted by atomic mass is 16.2. The second kappa shape index (κ2) is 9.19. The molecule has 0 saturated carbocycles. The minimum absolute atomic E-state index is 0.00145. The molecule has 29 heavy (non-hydrogen) atoms. The number of carbonyl (C=O) groups is 1. The van der Waals surface area contributed by atoms with Crippen LogP contribution in [0.4, 0.5) is 11.8 Å². The van der Waals surface area contributed by atoms with Gasteiger partial charge in [-0.25, -0.2) is 4.98 Å². The summed E-state index contributed by atoms with van der Waals surface area (Å²) in [6.45, 7) is 2.10. The summed E-state index contributed by atoms with van der Waals surface area (Å²) in [4.78, 5) is 23.7. The maximum absolute atomic E-state index is 12.6. The number of anilines is 2. The number of carbonyl (C=O) groups excluding carboxylic acids is 1. The van der Waals surface area contributed by atoms with Gasteiger partial charge in [-0.2, -0.15) is 4.98 Å². The van der Waals surface area contributed by atoms with Gasteiger partial charge in [0.25, 0.3) is 0 Å². The lowest BCUT2D eigenvalue weighted by Gasteiger charge is -2.36. The summed E-state index contributed by atoms with van der Waals surface area (Å²) >= 11 is 0. The number of hydrogen-bond donors (Lipinski definition) is 2. The first-order valence-corrected chi connectivity index (χ1v) is 10.0. The highest BCUT2D eigenvalue weighted by Gasteiger charge is 2.32. The summed E-state index contributed by atoms with van der Waals surface area (Å²) in [5.41, 5.74) is 2.29. The highest BCUT2D eigenvalue weighted by Crippen LogP contribution is 2.28. The third-order valence-electron chi connectivity index (χ3n) is 5.03. The van der Waals surface area contributed by atoms with Crippen LogP contribution in [-0.4, -0.2) is 35.5 Å². The van der Waals surface area contributed by atoms with Crippen LogP contribution in [0.5, 0.6) is 0 Å². The minimum atomic E-state index is -0.384. The van der Waals surface area contributed by atoms with E-state index < -0.39 is 0 Å². The molecule has 0 bridgehead atoms. The van der Waals surface area contributed by atoms with E-state index >= 15 is 0 Å². The molecule has 3 aromatic rings. The highest BCUT2D eigenvalue weighted by molar-refractivity contribution is 5.87. The zero-order chi connectivity index (χ0) is 19.9. The zero-order valence-corrected chi connectivity index (χ0v) is 16.3. The second-order valence-corrected chi connectivity index (χ2v) is 7.05. The first kappa shape index (κ1) is 18.9. The van der Waals surface area contributed by atoms with E-state index in [-0.39, 0.29) is 11.9 Å². The van der Waals surface area contributed by atoms with Gasteiger partial charge < -0.3 is 15.5 Å². The number of benzene rings is 2. The Morgan fingerprint density at radius 1 is 1.03 bits per heavy atom. The molecule has 6 nitrogen and oxygen atoms in total. The van der Waals surface area contributed by atoms with E-state index in [1.807, 2.05) is 47.4 Å². The van der Waals surface area contributed by atoms with Crippen molar-refractivity contribution in [2.75, 3.05) is 29.9 Å². The number of nitrogens with one attached hydrogen (secondary N) is 2. The molecule has 0 spiro atoms. The van der Waals surface area contributed by atoms with Gasteiger partial charge in [0, 0.05) is 25.8 Å². The van der Waals surface area contributed by atoms with Crippen molar-refractivity contribution in [2.45, 2.75) is 18.9 Å². The van der Waals surface area contributed by atoms with Crippen LogP contribution in [0.1, 0.15) is 23.6 Å². The second-order valence-electron chi connectivity index (χ2n) is 7.05. The molecule has 1 aliphatic rings. The van der Waals surface area contributed by atoms with Gasteiger partial charge in [-0.05, 0) is 30.0 Å². The van der Waals surface area contributed by atoms with Gasteiger partial charge in [0.05, 0.1) is 0 Å². The molecule has 148 valence electrons. The lowest BCUT2D eigenvalue weighted by molar-refractivity contribution is -0.123. The van der Waals surface area contributed by atoms with Crippen molar-refractivity contribution < 1.29 is 4.79 Å². The van der Waals surface area contributed by atoms with Crippen LogP contribution in [0.3, 0.4) is 0 Å². The third-order valence-corrected chi connectivity index (χ3v) is 5.03. The molecular formula is C23H25N5O. The van der Waals surface area contributed by atoms with Crippen molar-refractivity contribution in [1.29, 1.82) is 0 Å². The fourth-order valence-electron chi connectivity index (χ4n) is 3.61. The van der Waals surface area contributed by atoms with Gasteiger partial charge in [0.15, 0.2) is 0 Å². The van der Waals surface area contributed by atoms with Crippen molar-refractivity contribution in [2.24, 2.45) is 0 Å². The predicted molar refractivity (Wildman–Crippen MR) is 115 cm³/mol. The van der Waals surface area contributed by atoms with Gasteiger partial charge in [-0.3, -0.25) is 4.79 Å². The maximum Gasteiger partial charge on any atom is 0.247 e. The molecule has 2 heterocycles. The van der Waals surface area contributed by atoms with Gasteiger partial charge in [-0.1, -0.05) is 60.7 Å². The van der Waals surface area contributed by atoms with Crippen molar-refractivity contribution in [1.82, 2.24) is 15.3 Å². The van der Waals surface area contributed by atoms with Crippen molar-refractivity contribution >= 4 is 17.7 Å². The van der Waals surface area contributed by atoms with E-state index in [0.717, 1.165) is 30.8 Å². The average Bonchev–Trinajstić information content (AvgIpc) is 2.78. The number of aromatic nitrogens is 2. The molecule has 1 atom stereocenters. The third kappa shape index (κ3) is 4.71. The maximum atomic E-state index is 12.6. The Morgan fingerprint density at radius 2 is 1.79 bits per heavy atom. The smallest absolute Gasteiger partial charge is 0.247 e. The van der Waals surface area contributed by atoms with E-state index in [2.05, 4.69) is 44.9 Å². The Labute approximate surface area is 171 Å². The number of hydrogen-bond acceptors (Lipinski definition) is 5. The van der Waals surface area contributed by atoms with Gasteiger partial charge in [0.1, 0.15) is 11.9 Å². The van der Waals surface area contributed by atoms with Crippen LogP contribution < -0.4 is 15.5 Å². The van der Waals surface area contributed by atoms with Gasteiger partial charge in [-0.15, -0.1) is 0 Å². The number of aryl methyl sites for hydroxylation is 1. The van der Waals surface area contributed by atoms with Crippen LogP contribution in [0, 0.1) is 0 Å². The first-order chi connectivity index (χ1) is 14.3. The van der Waals surface area contributed by atoms with E-state index in [1.165, 1.54) is 5.56 Å². The Hall–Kier alpha value is -3.41. The quantitative estimate of drug-likeness (QED) is 0.609. The Kier molecular flexibility index (Phi) is 6.00. The summed E-state index contributed by atoms with van der Waals surface area (Å²) in [5.74, 6) is 1.35. The number of amides is 1. The van der Waals surface area contributed by atoms with Crippen molar-refractivity contribution in [3.63, 3.8) is 0 Å². The summed E-state index contributed by atoms with van der Waals surface area (Å²) in [7, 11) is 0. The van der Waals surface area contributed by atoms with Crippen LogP contribution in [0.2, 0.25) is 0 Å². The minimum Gasteiger partial charge on any atom is -0.354 e.